The third-order valence-corrected chi connectivity index (χ3v) is 3.77. The molecule has 1 aromatic rings. The van der Waals surface area contributed by atoms with E-state index >= 15 is 0 Å². The largest absolute Gasteiger partial charge is 0.378 e. The molecule has 0 saturated carbocycles. The van der Waals surface area contributed by atoms with Gasteiger partial charge in [-0.05, 0) is 41.6 Å². The van der Waals surface area contributed by atoms with E-state index in [4.69, 9.17) is 4.74 Å². The van der Waals surface area contributed by atoms with Crippen LogP contribution in [-0.4, -0.2) is 35.1 Å². The number of nitrogens with one attached hydrogen (secondary N) is 2. The normalized spacial score (nSPS) is 19.1. The monoisotopic (exact) mass is 329 g/mol. The number of aromatic amines is 1. The SMILES string of the molecule is O=C(NCCC1CCCCO1)c1nc[nH]c(=O)c1Br. The van der Waals surface area contributed by atoms with E-state index in [1.54, 1.807) is 0 Å². The fourth-order valence-electron chi connectivity index (χ4n) is 2.01. The molecule has 2 N–H and O–H groups in total. The Labute approximate surface area is 119 Å². The van der Waals surface area contributed by atoms with Gasteiger partial charge in [-0.2, -0.15) is 0 Å². The first-order valence-electron chi connectivity index (χ1n) is 6.31. The Bertz CT molecular complexity index is 497. The van der Waals surface area contributed by atoms with Gasteiger partial charge in [0.05, 0.1) is 12.4 Å². The zero-order chi connectivity index (χ0) is 13.7. The van der Waals surface area contributed by atoms with Gasteiger partial charge < -0.3 is 15.0 Å². The van der Waals surface area contributed by atoms with Gasteiger partial charge in [0, 0.05) is 13.2 Å². The summed E-state index contributed by atoms with van der Waals surface area (Å²) in [5.74, 6) is -0.353. The third kappa shape index (κ3) is 3.87. The average molecular weight is 330 g/mol. The molecule has 2 rings (SSSR count). The Morgan fingerprint density at radius 1 is 1.58 bits per heavy atom. The number of nitrogens with zero attached hydrogens (tertiary/aromatic N) is 1. The van der Waals surface area contributed by atoms with E-state index in [2.05, 4.69) is 31.2 Å². The number of ether oxygens (including phenoxy) is 1. The van der Waals surface area contributed by atoms with E-state index in [9.17, 15) is 9.59 Å². The molecular formula is C12H16BrN3O3. The quantitative estimate of drug-likeness (QED) is 0.869. The highest BCUT2D eigenvalue weighted by molar-refractivity contribution is 9.10. The van der Waals surface area contributed by atoms with Crippen LogP contribution in [0.2, 0.25) is 0 Å². The van der Waals surface area contributed by atoms with Crippen LogP contribution in [0.1, 0.15) is 36.2 Å². The van der Waals surface area contributed by atoms with E-state index < -0.39 is 0 Å². The Morgan fingerprint density at radius 3 is 3.16 bits per heavy atom. The molecule has 1 amide bonds. The van der Waals surface area contributed by atoms with Gasteiger partial charge in [-0.25, -0.2) is 4.98 Å². The second-order valence-electron chi connectivity index (χ2n) is 4.43. The summed E-state index contributed by atoms with van der Waals surface area (Å²) >= 11 is 3.06. The second kappa shape index (κ2) is 6.81. The van der Waals surface area contributed by atoms with Crippen molar-refractivity contribution in [2.45, 2.75) is 31.8 Å². The van der Waals surface area contributed by atoms with Crippen molar-refractivity contribution in [2.24, 2.45) is 0 Å². The summed E-state index contributed by atoms with van der Waals surface area (Å²) < 4.78 is 5.73. The molecule has 0 radical (unpaired) electrons. The summed E-state index contributed by atoms with van der Waals surface area (Å²) in [6.45, 7) is 1.32. The van der Waals surface area contributed by atoms with Gasteiger partial charge in [-0.1, -0.05) is 0 Å². The van der Waals surface area contributed by atoms with Crippen molar-refractivity contribution < 1.29 is 9.53 Å². The van der Waals surface area contributed by atoms with Crippen LogP contribution in [-0.2, 0) is 4.74 Å². The first-order chi connectivity index (χ1) is 9.18. The number of halogens is 1. The Kier molecular flexibility index (Phi) is 5.09. The lowest BCUT2D eigenvalue weighted by Crippen LogP contribution is -2.31. The van der Waals surface area contributed by atoms with Crippen molar-refractivity contribution in [2.75, 3.05) is 13.2 Å². The lowest BCUT2D eigenvalue weighted by atomic mass is 10.1. The van der Waals surface area contributed by atoms with Crippen molar-refractivity contribution in [1.82, 2.24) is 15.3 Å². The second-order valence-corrected chi connectivity index (χ2v) is 5.22. The van der Waals surface area contributed by atoms with E-state index in [0.717, 1.165) is 25.9 Å². The lowest BCUT2D eigenvalue weighted by Gasteiger charge is -2.22. The summed E-state index contributed by atoms with van der Waals surface area (Å²) in [5, 5.41) is 2.75. The van der Waals surface area contributed by atoms with Crippen LogP contribution in [0.5, 0.6) is 0 Å². The average Bonchev–Trinajstić information content (AvgIpc) is 2.43. The molecule has 104 valence electrons. The topological polar surface area (TPSA) is 84.1 Å². The molecule has 19 heavy (non-hydrogen) atoms. The highest BCUT2D eigenvalue weighted by atomic mass is 79.9. The maximum atomic E-state index is 11.9. The maximum absolute atomic E-state index is 11.9. The number of rotatable bonds is 4. The Balaban J connectivity index is 1.84. The summed E-state index contributed by atoms with van der Waals surface area (Å²) in [5.41, 5.74) is -0.260. The Morgan fingerprint density at radius 2 is 2.42 bits per heavy atom. The summed E-state index contributed by atoms with van der Waals surface area (Å²) in [7, 11) is 0. The number of carbonyl (C=O) groups is 1. The van der Waals surface area contributed by atoms with Gasteiger partial charge >= 0.3 is 0 Å². The fourth-order valence-corrected chi connectivity index (χ4v) is 2.40. The minimum absolute atomic E-state index is 0.105. The minimum Gasteiger partial charge on any atom is -0.378 e. The first-order valence-corrected chi connectivity index (χ1v) is 7.11. The summed E-state index contributed by atoms with van der Waals surface area (Å²) in [4.78, 5) is 29.4. The van der Waals surface area contributed by atoms with Crippen LogP contribution < -0.4 is 10.9 Å². The van der Waals surface area contributed by atoms with Crippen LogP contribution in [0.3, 0.4) is 0 Å². The van der Waals surface area contributed by atoms with Crippen molar-refractivity contribution in [1.29, 1.82) is 0 Å². The van der Waals surface area contributed by atoms with Crippen molar-refractivity contribution in [3.05, 3.63) is 26.8 Å². The van der Waals surface area contributed by atoms with E-state index in [1.165, 1.54) is 12.7 Å². The molecule has 1 fully saturated rings. The van der Waals surface area contributed by atoms with Crippen LogP contribution in [0.15, 0.2) is 15.6 Å². The predicted octanol–water partition coefficient (Wildman–Crippen LogP) is 1.22. The molecule has 1 aliphatic rings. The first kappa shape index (κ1) is 14.2. The molecule has 0 aromatic carbocycles. The number of amides is 1. The van der Waals surface area contributed by atoms with Crippen LogP contribution in [0, 0.1) is 0 Å². The van der Waals surface area contributed by atoms with Gasteiger partial charge in [0.25, 0.3) is 11.5 Å². The standard InChI is InChI=1S/C12H16BrN3O3/c13-9-10(15-7-16-11(9)17)12(18)14-5-4-8-3-1-2-6-19-8/h7-8H,1-6H2,(H,14,18)(H,15,16,17). The highest BCUT2D eigenvalue weighted by Crippen LogP contribution is 2.15. The molecule has 0 aliphatic carbocycles. The zero-order valence-electron chi connectivity index (χ0n) is 10.4. The fraction of sp³-hybridized carbons (Fsp3) is 0.583. The summed E-state index contributed by atoms with van der Waals surface area (Å²) in [6, 6.07) is 0. The van der Waals surface area contributed by atoms with Crippen molar-refractivity contribution in [3.63, 3.8) is 0 Å². The van der Waals surface area contributed by atoms with E-state index in [0.29, 0.717) is 6.54 Å². The number of carbonyl (C=O) groups excluding carboxylic acids is 1. The van der Waals surface area contributed by atoms with Crippen LogP contribution >= 0.6 is 15.9 Å². The van der Waals surface area contributed by atoms with Gasteiger partial charge in [0.1, 0.15) is 10.2 Å². The van der Waals surface area contributed by atoms with Crippen molar-refractivity contribution in [3.8, 4) is 0 Å². The molecule has 1 aromatic heterocycles. The smallest absolute Gasteiger partial charge is 0.271 e. The van der Waals surface area contributed by atoms with Crippen LogP contribution in [0.4, 0.5) is 0 Å². The molecule has 1 aliphatic heterocycles. The predicted molar refractivity (Wildman–Crippen MR) is 73.1 cm³/mol. The minimum atomic E-state index is -0.365. The van der Waals surface area contributed by atoms with Gasteiger partial charge in [-0.15, -0.1) is 0 Å². The van der Waals surface area contributed by atoms with Gasteiger partial charge in [-0.3, -0.25) is 9.59 Å². The number of hydrogen-bond acceptors (Lipinski definition) is 4. The van der Waals surface area contributed by atoms with Crippen LogP contribution in [0.25, 0.3) is 0 Å². The molecule has 6 nitrogen and oxygen atoms in total. The molecule has 7 heteroatoms. The molecule has 0 spiro atoms. The number of hydrogen-bond donors (Lipinski definition) is 2. The van der Waals surface area contributed by atoms with E-state index in [-0.39, 0.29) is 27.7 Å². The highest BCUT2D eigenvalue weighted by Gasteiger charge is 2.16. The molecule has 1 atom stereocenters. The molecule has 1 unspecified atom stereocenters. The maximum Gasteiger partial charge on any atom is 0.271 e. The number of H-pyrrole nitrogens is 1. The van der Waals surface area contributed by atoms with Crippen molar-refractivity contribution >= 4 is 21.8 Å². The van der Waals surface area contributed by atoms with E-state index in [1.807, 2.05) is 0 Å². The van der Waals surface area contributed by atoms with Gasteiger partial charge in [0.15, 0.2) is 0 Å². The Hall–Kier alpha value is -1.21. The third-order valence-electron chi connectivity index (χ3n) is 3.04. The van der Waals surface area contributed by atoms with Gasteiger partial charge in [0.2, 0.25) is 0 Å². The summed E-state index contributed by atoms with van der Waals surface area (Å²) in [6.07, 6.45) is 5.57. The molecular weight excluding hydrogens is 314 g/mol. The number of aromatic nitrogens is 2. The molecule has 2 heterocycles. The molecule has 1 saturated heterocycles. The molecule has 0 bridgehead atoms. The zero-order valence-corrected chi connectivity index (χ0v) is 12.0. The lowest BCUT2D eigenvalue weighted by molar-refractivity contribution is 0.0117.